The Labute approximate surface area is 139 Å². The fraction of sp³-hybridized carbons (Fsp3) is 0.125. The van der Waals surface area contributed by atoms with Crippen LogP contribution < -0.4 is 0 Å². The standard InChI is InChI=1S/C16H11F3N2S2/c17-16(18,19)12-5-3-11(4-6-12)10-23-15-8-7-13(20-21-15)14-2-1-9-22-14/h1-9H,10H2. The van der Waals surface area contributed by atoms with Gasteiger partial charge in [-0.1, -0.05) is 30.0 Å². The van der Waals surface area contributed by atoms with Crippen molar-refractivity contribution >= 4 is 23.1 Å². The molecule has 0 aliphatic rings. The number of aromatic nitrogens is 2. The average molecular weight is 352 g/mol. The van der Waals surface area contributed by atoms with Crippen LogP contribution in [-0.2, 0) is 11.9 Å². The molecule has 118 valence electrons. The molecule has 2 aromatic heterocycles. The van der Waals surface area contributed by atoms with Crippen molar-refractivity contribution in [1.82, 2.24) is 10.2 Å². The van der Waals surface area contributed by atoms with Crippen LogP contribution in [0, 0.1) is 0 Å². The first-order valence-electron chi connectivity index (χ1n) is 6.69. The van der Waals surface area contributed by atoms with Crippen LogP contribution in [-0.4, -0.2) is 10.2 Å². The minimum Gasteiger partial charge on any atom is -0.166 e. The number of alkyl halides is 3. The van der Waals surface area contributed by atoms with Crippen LogP contribution in [0.25, 0.3) is 10.6 Å². The molecule has 0 saturated carbocycles. The van der Waals surface area contributed by atoms with Gasteiger partial charge in [0.25, 0.3) is 0 Å². The molecule has 0 aliphatic heterocycles. The number of hydrogen-bond acceptors (Lipinski definition) is 4. The Bertz CT molecular complexity index is 752. The SMILES string of the molecule is FC(F)(F)c1ccc(CSc2ccc(-c3cccs3)nn2)cc1. The summed E-state index contributed by atoms with van der Waals surface area (Å²) in [6.45, 7) is 0. The summed E-state index contributed by atoms with van der Waals surface area (Å²) in [4.78, 5) is 1.05. The van der Waals surface area contributed by atoms with Gasteiger partial charge in [-0.15, -0.1) is 21.5 Å². The van der Waals surface area contributed by atoms with Crippen molar-refractivity contribution in [3.63, 3.8) is 0 Å². The summed E-state index contributed by atoms with van der Waals surface area (Å²) in [5.74, 6) is 0.547. The molecule has 0 aliphatic carbocycles. The highest BCUT2D eigenvalue weighted by molar-refractivity contribution is 7.98. The average Bonchev–Trinajstić information content (AvgIpc) is 3.07. The second kappa shape index (κ2) is 6.72. The molecule has 0 saturated heterocycles. The van der Waals surface area contributed by atoms with E-state index in [1.807, 2.05) is 29.6 Å². The molecule has 3 rings (SSSR count). The number of hydrogen-bond donors (Lipinski definition) is 0. The Hall–Kier alpha value is -1.86. The summed E-state index contributed by atoms with van der Waals surface area (Å²) >= 11 is 3.04. The molecule has 3 aromatic rings. The van der Waals surface area contributed by atoms with Gasteiger partial charge in [0.2, 0.25) is 0 Å². The van der Waals surface area contributed by atoms with Crippen molar-refractivity contribution in [2.45, 2.75) is 17.0 Å². The second-order valence-corrected chi connectivity index (χ2v) is 6.66. The van der Waals surface area contributed by atoms with E-state index in [-0.39, 0.29) is 0 Å². The van der Waals surface area contributed by atoms with Gasteiger partial charge in [-0.2, -0.15) is 13.2 Å². The maximum absolute atomic E-state index is 12.5. The number of halogens is 3. The monoisotopic (exact) mass is 352 g/mol. The van der Waals surface area contributed by atoms with E-state index >= 15 is 0 Å². The Balaban J connectivity index is 1.62. The van der Waals surface area contributed by atoms with E-state index in [1.54, 1.807) is 11.3 Å². The maximum Gasteiger partial charge on any atom is 0.416 e. The molecule has 0 spiro atoms. The van der Waals surface area contributed by atoms with Crippen LogP contribution in [0.4, 0.5) is 13.2 Å². The van der Waals surface area contributed by atoms with Gasteiger partial charge in [0.05, 0.1) is 10.4 Å². The zero-order valence-corrected chi connectivity index (χ0v) is 13.4. The third kappa shape index (κ3) is 4.11. The van der Waals surface area contributed by atoms with Gasteiger partial charge in [-0.3, -0.25) is 0 Å². The number of benzene rings is 1. The Kier molecular flexibility index (Phi) is 4.68. The molecule has 2 heterocycles. The third-order valence-electron chi connectivity index (χ3n) is 3.08. The van der Waals surface area contributed by atoms with Gasteiger partial charge in [0.15, 0.2) is 0 Å². The maximum atomic E-state index is 12.5. The fourth-order valence-corrected chi connectivity index (χ4v) is 3.36. The molecule has 23 heavy (non-hydrogen) atoms. The van der Waals surface area contributed by atoms with E-state index in [0.717, 1.165) is 33.3 Å². The van der Waals surface area contributed by atoms with Crippen molar-refractivity contribution in [2.75, 3.05) is 0 Å². The largest absolute Gasteiger partial charge is 0.416 e. The summed E-state index contributed by atoms with van der Waals surface area (Å²) in [5.41, 5.74) is 0.998. The first kappa shape index (κ1) is 16.0. The Morgan fingerprint density at radius 1 is 0.957 bits per heavy atom. The van der Waals surface area contributed by atoms with E-state index in [1.165, 1.54) is 23.9 Å². The molecule has 0 unspecified atom stereocenters. The van der Waals surface area contributed by atoms with Crippen molar-refractivity contribution in [1.29, 1.82) is 0 Å². The molecular formula is C16H11F3N2S2. The predicted octanol–water partition coefficient (Wildman–Crippen LogP) is 5.52. The Morgan fingerprint density at radius 3 is 2.30 bits per heavy atom. The van der Waals surface area contributed by atoms with E-state index in [4.69, 9.17) is 0 Å². The molecule has 0 amide bonds. The second-order valence-electron chi connectivity index (χ2n) is 4.72. The minimum atomic E-state index is -4.30. The fourth-order valence-electron chi connectivity index (χ4n) is 1.90. The van der Waals surface area contributed by atoms with Gasteiger partial charge in [-0.25, -0.2) is 0 Å². The molecule has 2 nitrogen and oxygen atoms in total. The predicted molar refractivity (Wildman–Crippen MR) is 86.4 cm³/mol. The number of thioether (sulfide) groups is 1. The van der Waals surface area contributed by atoms with Gasteiger partial charge >= 0.3 is 6.18 Å². The smallest absolute Gasteiger partial charge is 0.166 e. The normalized spacial score (nSPS) is 11.6. The molecule has 7 heteroatoms. The number of nitrogens with zero attached hydrogens (tertiary/aromatic N) is 2. The van der Waals surface area contributed by atoms with Crippen molar-refractivity contribution in [3.05, 3.63) is 65.0 Å². The van der Waals surface area contributed by atoms with Crippen molar-refractivity contribution in [3.8, 4) is 10.6 Å². The van der Waals surface area contributed by atoms with Crippen molar-refractivity contribution < 1.29 is 13.2 Å². The molecule has 0 fully saturated rings. The van der Waals surface area contributed by atoms with E-state index in [9.17, 15) is 13.2 Å². The van der Waals surface area contributed by atoms with Crippen LogP contribution in [0.2, 0.25) is 0 Å². The first-order valence-corrected chi connectivity index (χ1v) is 8.55. The third-order valence-corrected chi connectivity index (χ3v) is 4.97. The quantitative estimate of drug-likeness (QED) is 0.579. The lowest BCUT2D eigenvalue weighted by atomic mass is 10.1. The molecular weight excluding hydrogens is 341 g/mol. The van der Waals surface area contributed by atoms with Crippen LogP contribution in [0.15, 0.2) is 58.9 Å². The highest BCUT2D eigenvalue weighted by Crippen LogP contribution is 2.30. The van der Waals surface area contributed by atoms with Crippen LogP contribution in [0.5, 0.6) is 0 Å². The molecule has 0 radical (unpaired) electrons. The molecule has 0 N–H and O–H groups in total. The molecule has 0 bridgehead atoms. The first-order chi connectivity index (χ1) is 11.0. The van der Waals surface area contributed by atoms with Crippen molar-refractivity contribution in [2.24, 2.45) is 0 Å². The zero-order chi connectivity index (χ0) is 16.3. The minimum absolute atomic E-state index is 0.547. The number of rotatable bonds is 4. The van der Waals surface area contributed by atoms with Crippen LogP contribution in [0.3, 0.4) is 0 Å². The lowest BCUT2D eigenvalue weighted by molar-refractivity contribution is -0.137. The highest BCUT2D eigenvalue weighted by atomic mass is 32.2. The Morgan fingerprint density at radius 2 is 1.74 bits per heavy atom. The van der Waals surface area contributed by atoms with Crippen LogP contribution >= 0.6 is 23.1 Å². The van der Waals surface area contributed by atoms with Gasteiger partial charge in [0, 0.05) is 5.75 Å². The summed E-state index contributed by atoms with van der Waals surface area (Å²) in [6.07, 6.45) is -4.30. The van der Waals surface area contributed by atoms with E-state index in [0.29, 0.717) is 5.75 Å². The van der Waals surface area contributed by atoms with Gasteiger partial charge in [-0.05, 0) is 41.3 Å². The summed E-state index contributed by atoms with van der Waals surface area (Å²) < 4.78 is 37.5. The lowest BCUT2D eigenvalue weighted by Crippen LogP contribution is -2.04. The van der Waals surface area contributed by atoms with Gasteiger partial charge < -0.3 is 0 Å². The summed E-state index contributed by atoms with van der Waals surface area (Å²) in [6, 6.07) is 12.9. The zero-order valence-electron chi connectivity index (χ0n) is 11.7. The molecule has 1 aromatic carbocycles. The highest BCUT2D eigenvalue weighted by Gasteiger charge is 2.29. The summed E-state index contributed by atoms with van der Waals surface area (Å²) in [5, 5.41) is 11.0. The number of thiophene rings is 1. The van der Waals surface area contributed by atoms with Gasteiger partial charge in [0.1, 0.15) is 10.7 Å². The molecule has 0 atom stereocenters. The van der Waals surface area contributed by atoms with Crippen LogP contribution in [0.1, 0.15) is 11.1 Å². The topological polar surface area (TPSA) is 25.8 Å². The van der Waals surface area contributed by atoms with E-state index in [2.05, 4.69) is 10.2 Å². The van der Waals surface area contributed by atoms with E-state index < -0.39 is 11.7 Å². The lowest BCUT2D eigenvalue weighted by Gasteiger charge is -2.07. The summed E-state index contributed by atoms with van der Waals surface area (Å²) in [7, 11) is 0.